The van der Waals surface area contributed by atoms with Gasteiger partial charge in [-0.15, -0.1) is 0 Å². The average Bonchev–Trinajstić information content (AvgIpc) is 2.13. The van der Waals surface area contributed by atoms with Crippen molar-refractivity contribution >= 4 is 12.3 Å². The fourth-order valence-electron chi connectivity index (χ4n) is 0.903. The van der Waals surface area contributed by atoms with Crippen LogP contribution in [0.25, 0.3) is 0 Å². The molecule has 76 valence electrons. The Balaban J connectivity index is 3.15. The molecule has 0 aliphatic rings. The average molecular weight is 186 g/mol. The highest BCUT2D eigenvalue weighted by Crippen LogP contribution is 1.88. The molecule has 2 N–H and O–H groups in total. The van der Waals surface area contributed by atoms with Gasteiger partial charge in [-0.05, 0) is 12.8 Å². The summed E-state index contributed by atoms with van der Waals surface area (Å²) in [6.45, 7) is 3.42. The molecule has 0 aliphatic heterocycles. The third-order valence-corrected chi connectivity index (χ3v) is 1.66. The molecule has 13 heavy (non-hydrogen) atoms. The molecule has 4 heteroatoms. The molecular weight excluding hydrogens is 168 g/mol. The highest BCUT2D eigenvalue weighted by molar-refractivity contribution is 5.75. The van der Waals surface area contributed by atoms with Crippen LogP contribution < -0.4 is 10.6 Å². The zero-order valence-electron chi connectivity index (χ0n) is 8.14. The molecule has 0 rings (SSSR count). The maximum absolute atomic E-state index is 11.1. The van der Waals surface area contributed by atoms with Gasteiger partial charge in [0.2, 0.25) is 12.3 Å². The molecule has 0 spiro atoms. The van der Waals surface area contributed by atoms with Gasteiger partial charge >= 0.3 is 0 Å². The zero-order chi connectivity index (χ0) is 9.94. The second-order valence-electron chi connectivity index (χ2n) is 2.88. The minimum atomic E-state index is 0.0705. The van der Waals surface area contributed by atoms with Gasteiger partial charge in [-0.3, -0.25) is 9.59 Å². The first kappa shape index (κ1) is 11.9. The van der Waals surface area contributed by atoms with Crippen molar-refractivity contribution in [3.63, 3.8) is 0 Å². The summed E-state index contributed by atoms with van der Waals surface area (Å²) in [5, 5.41) is 5.32. The van der Waals surface area contributed by atoms with Crippen molar-refractivity contribution in [3.8, 4) is 0 Å². The Morgan fingerprint density at radius 3 is 2.69 bits per heavy atom. The van der Waals surface area contributed by atoms with E-state index in [1.165, 1.54) is 0 Å². The summed E-state index contributed by atoms with van der Waals surface area (Å²) in [6.07, 6.45) is 3.96. The summed E-state index contributed by atoms with van der Waals surface area (Å²) in [4.78, 5) is 20.9. The topological polar surface area (TPSA) is 58.2 Å². The van der Waals surface area contributed by atoms with E-state index >= 15 is 0 Å². The molecular formula is C9H18N2O2. The van der Waals surface area contributed by atoms with Crippen LogP contribution in [0, 0.1) is 0 Å². The number of amides is 2. The summed E-state index contributed by atoms with van der Waals surface area (Å²) >= 11 is 0. The fraction of sp³-hybridized carbons (Fsp3) is 0.778. The van der Waals surface area contributed by atoms with Gasteiger partial charge in [0, 0.05) is 19.5 Å². The Labute approximate surface area is 79.1 Å². The molecule has 0 aromatic heterocycles. The normalized spacial score (nSPS) is 9.31. The quantitative estimate of drug-likeness (QED) is 0.426. The molecule has 0 saturated heterocycles. The van der Waals surface area contributed by atoms with Gasteiger partial charge in [0.05, 0.1) is 0 Å². The van der Waals surface area contributed by atoms with E-state index in [0.29, 0.717) is 25.8 Å². The number of nitrogens with one attached hydrogen (secondary N) is 2. The van der Waals surface area contributed by atoms with Gasteiger partial charge in [-0.1, -0.05) is 13.3 Å². The van der Waals surface area contributed by atoms with E-state index < -0.39 is 0 Å². The lowest BCUT2D eigenvalue weighted by molar-refractivity contribution is -0.121. The summed E-state index contributed by atoms with van der Waals surface area (Å²) in [5.41, 5.74) is 0. The first-order valence-corrected chi connectivity index (χ1v) is 4.75. The lowest BCUT2D eigenvalue weighted by Gasteiger charge is -2.03. The summed E-state index contributed by atoms with van der Waals surface area (Å²) in [6, 6.07) is 0. The zero-order valence-corrected chi connectivity index (χ0v) is 8.14. The number of carbonyl (C=O) groups excluding carboxylic acids is 2. The number of unbranched alkanes of at least 4 members (excludes halogenated alkanes) is 1. The van der Waals surface area contributed by atoms with E-state index in [-0.39, 0.29) is 5.91 Å². The first-order valence-electron chi connectivity index (χ1n) is 4.75. The van der Waals surface area contributed by atoms with E-state index in [1.54, 1.807) is 0 Å². The molecule has 0 saturated carbocycles. The molecule has 4 nitrogen and oxygen atoms in total. The van der Waals surface area contributed by atoms with Crippen molar-refractivity contribution in [3.05, 3.63) is 0 Å². The van der Waals surface area contributed by atoms with Crippen LogP contribution in [0.3, 0.4) is 0 Å². The van der Waals surface area contributed by atoms with E-state index in [2.05, 4.69) is 17.6 Å². The first-order chi connectivity index (χ1) is 6.31. The summed E-state index contributed by atoms with van der Waals surface area (Å²) in [7, 11) is 0. The minimum absolute atomic E-state index is 0.0705. The Hall–Kier alpha value is -1.06. The van der Waals surface area contributed by atoms with Crippen LogP contribution in [0.2, 0.25) is 0 Å². The van der Waals surface area contributed by atoms with Gasteiger partial charge in [-0.25, -0.2) is 0 Å². The molecule has 0 aromatic carbocycles. The third kappa shape index (κ3) is 8.85. The maximum Gasteiger partial charge on any atom is 0.220 e. The van der Waals surface area contributed by atoms with Crippen molar-refractivity contribution in [1.29, 1.82) is 0 Å². The highest BCUT2D eigenvalue weighted by Gasteiger charge is 1.98. The lowest BCUT2D eigenvalue weighted by Crippen LogP contribution is -2.25. The number of hydrogen-bond acceptors (Lipinski definition) is 2. The van der Waals surface area contributed by atoms with Gasteiger partial charge in [0.25, 0.3) is 0 Å². The third-order valence-electron chi connectivity index (χ3n) is 1.66. The largest absolute Gasteiger partial charge is 0.359 e. The van der Waals surface area contributed by atoms with Gasteiger partial charge in [0.15, 0.2) is 0 Å². The molecule has 0 heterocycles. The predicted molar refractivity (Wildman–Crippen MR) is 51.2 cm³/mol. The van der Waals surface area contributed by atoms with Crippen LogP contribution in [0.15, 0.2) is 0 Å². The van der Waals surface area contributed by atoms with Crippen molar-refractivity contribution in [2.45, 2.75) is 32.6 Å². The Morgan fingerprint density at radius 1 is 1.31 bits per heavy atom. The summed E-state index contributed by atoms with van der Waals surface area (Å²) in [5.74, 6) is 0.0705. The Morgan fingerprint density at radius 2 is 2.08 bits per heavy atom. The van der Waals surface area contributed by atoms with Gasteiger partial charge in [0.1, 0.15) is 0 Å². The van der Waals surface area contributed by atoms with Crippen LogP contribution in [-0.2, 0) is 9.59 Å². The van der Waals surface area contributed by atoms with Crippen molar-refractivity contribution in [1.82, 2.24) is 10.6 Å². The smallest absolute Gasteiger partial charge is 0.220 e. The second kappa shape index (κ2) is 9.03. The molecule has 0 bridgehead atoms. The molecule has 0 fully saturated rings. The lowest BCUT2D eigenvalue weighted by atomic mass is 10.3. The van der Waals surface area contributed by atoms with Gasteiger partial charge in [-0.2, -0.15) is 0 Å². The molecule has 0 radical (unpaired) electrons. The van der Waals surface area contributed by atoms with E-state index in [4.69, 9.17) is 0 Å². The van der Waals surface area contributed by atoms with Crippen LogP contribution in [-0.4, -0.2) is 25.4 Å². The monoisotopic (exact) mass is 186 g/mol. The SMILES string of the molecule is CCCCNC(=O)CCCNC=O. The van der Waals surface area contributed by atoms with Crippen molar-refractivity contribution in [2.24, 2.45) is 0 Å². The summed E-state index contributed by atoms with van der Waals surface area (Å²) < 4.78 is 0. The van der Waals surface area contributed by atoms with Crippen LogP contribution in [0.4, 0.5) is 0 Å². The Bertz CT molecular complexity index is 149. The van der Waals surface area contributed by atoms with Crippen LogP contribution in [0.1, 0.15) is 32.6 Å². The number of carbonyl (C=O) groups is 2. The highest BCUT2D eigenvalue weighted by atomic mass is 16.1. The van der Waals surface area contributed by atoms with E-state index in [0.717, 1.165) is 19.4 Å². The van der Waals surface area contributed by atoms with Crippen LogP contribution >= 0.6 is 0 Å². The Kier molecular flexibility index (Phi) is 8.30. The second-order valence-corrected chi connectivity index (χ2v) is 2.88. The maximum atomic E-state index is 11.1. The van der Waals surface area contributed by atoms with Crippen LogP contribution in [0.5, 0.6) is 0 Å². The molecule has 0 aromatic rings. The van der Waals surface area contributed by atoms with Crippen molar-refractivity contribution < 1.29 is 9.59 Å². The molecule has 0 atom stereocenters. The van der Waals surface area contributed by atoms with E-state index in [1.807, 2.05) is 0 Å². The molecule has 2 amide bonds. The minimum Gasteiger partial charge on any atom is -0.359 e. The fourth-order valence-corrected chi connectivity index (χ4v) is 0.903. The number of rotatable bonds is 8. The van der Waals surface area contributed by atoms with Gasteiger partial charge < -0.3 is 10.6 Å². The molecule has 0 unspecified atom stereocenters. The van der Waals surface area contributed by atoms with Crippen molar-refractivity contribution in [2.75, 3.05) is 13.1 Å². The molecule has 0 aliphatic carbocycles. The van der Waals surface area contributed by atoms with E-state index in [9.17, 15) is 9.59 Å². The predicted octanol–water partition coefficient (Wildman–Crippen LogP) is 0.429. The number of hydrogen-bond donors (Lipinski definition) is 2. The standard InChI is InChI=1S/C9H18N2O2/c1-2-3-7-11-9(13)5-4-6-10-8-12/h8H,2-7H2,1H3,(H,10,12)(H,11,13).